The highest BCUT2D eigenvalue weighted by Crippen LogP contribution is 2.34. The van der Waals surface area contributed by atoms with Crippen molar-refractivity contribution in [2.75, 3.05) is 14.2 Å². The van der Waals surface area contributed by atoms with Crippen LogP contribution in [0, 0.1) is 10.1 Å². The zero-order valence-corrected chi connectivity index (χ0v) is 16.6. The van der Waals surface area contributed by atoms with Gasteiger partial charge in [-0.15, -0.1) is 0 Å². The first-order chi connectivity index (χ1) is 14.4. The van der Waals surface area contributed by atoms with E-state index in [0.717, 1.165) is 5.56 Å². The van der Waals surface area contributed by atoms with Gasteiger partial charge in [0.2, 0.25) is 5.91 Å². The number of benzene rings is 2. The highest BCUT2D eigenvalue weighted by molar-refractivity contribution is 5.83. The van der Waals surface area contributed by atoms with Crippen LogP contribution in [0.25, 0.3) is 11.1 Å². The molecular weight excluding hydrogens is 386 g/mol. The Bertz CT molecular complexity index is 1070. The van der Waals surface area contributed by atoms with Crippen LogP contribution in [0.5, 0.6) is 11.5 Å². The van der Waals surface area contributed by atoms with Crippen LogP contribution in [0.3, 0.4) is 0 Å². The summed E-state index contributed by atoms with van der Waals surface area (Å²) in [7, 11) is 3.02. The maximum Gasteiger partial charge on any atom is 0.280 e. The molecule has 0 saturated heterocycles. The van der Waals surface area contributed by atoms with Gasteiger partial charge in [0, 0.05) is 6.20 Å². The van der Waals surface area contributed by atoms with Crippen LogP contribution in [0.15, 0.2) is 60.8 Å². The number of nitro groups is 1. The van der Waals surface area contributed by atoms with Crippen LogP contribution >= 0.6 is 0 Å². The molecule has 8 nitrogen and oxygen atoms in total. The van der Waals surface area contributed by atoms with Gasteiger partial charge in [0.1, 0.15) is 11.5 Å². The number of carbonyl (C=O) groups excluding carboxylic acids is 1. The molecule has 1 aromatic heterocycles. The summed E-state index contributed by atoms with van der Waals surface area (Å²) in [6.45, 7) is 0. The van der Waals surface area contributed by atoms with Gasteiger partial charge < -0.3 is 15.2 Å². The highest BCUT2D eigenvalue weighted by Gasteiger charge is 2.22. The summed E-state index contributed by atoms with van der Waals surface area (Å²) >= 11 is 0. The number of pyridine rings is 1. The van der Waals surface area contributed by atoms with Crippen molar-refractivity contribution < 1.29 is 19.2 Å². The summed E-state index contributed by atoms with van der Waals surface area (Å²) in [6.07, 6.45) is 1.86. The van der Waals surface area contributed by atoms with Gasteiger partial charge in [0.05, 0.1) is 42.4 Å². The molecule has 30 heavy (non-hydrogen) atoms. The van der Waals surface area contributed by atoms with E-state index in [4.69, 9.17) is 15.2 Å². The van der Waals surface area contributed by atoms with Gasteiger partial charge >= 0.3 is 0 Å². The molecule has 0 aliphatic carbocycles. The molecule has 0 bridgehead atoms. The molecule has 0 fully saturated rings. The van der Waals surface area contributed by atoms with Crippen LogP contribution in [0.2, 0.25) is 0 Å². The topological polar surface area (TPSA) is 118 Å². The second kappa shape index (κ2) is 9.04. The first kappa shape index (κ1) is 20.8. The van der Waals surface area contributed by atoms with Crippen LogP contribution in [0.1, 0.15) is 17.2 Å². The Morgan fingerprint density at radius 1 is 1.07 bits per heavy atom. The number of ether oxygens (including phenoxy) is 2. The maximum absolute atomic E-state index is 12.2. The molecule has 154 valence electrons. The smallest absolute Gasteiger partial charge is 0.280 e. The Morgan fingerprint density at radius 3 is 2.33 bits per heavy atom. The number of aromatic nitrogens is 1. The van der Waals surface area contributed by atoms with E-state index < -0.39 is 16.7 Å². The first-order valence-corrected chi connectivity index (χ1v) is 9.14. The molecule has 2 N–H and O–H groups in total. The number of nitrogens with two attached hydrogens (primary N) is 1. The molecule has 3 rings (SSSR count). The molecule has 1 unspecified atom stereocenters. The summed E-state index contributed by atoms with van der Waals surface area (Å²) in [5.41, 5.74) is 7.85. The quantitative estimate of drug-likeness (QED) is 0.451. The largest absolute Gasteiger partial charge is 0.497 e. The fourth-order valence-electron chi connectivity index (χ4n) is 3.19. The van der Waals surface area contributed by atoms with Crippen molar-refractivity contribution in [3.63, 3.8) is 0 Å². The molecule has 1 atom stereocenters. The van der Waals surface area contributed by atoms with Crippen molar-refractivity contribution in [3.05, 3.63) is 82.2 Å². The van der Waals surface area contributed by atoms with Crippen molar-refractivity contribution in [2.45, 2.75) is 12.3 Å². The van der Waals surface area contributed by atoms with Gasteiger partial charge in [0.25, 0.3) is 5.69 Å². The summed E-state index contributed by atoms with van der Waals surface area (Å²) in [5.74, 6) is -0.120. The molecular formula is C22H21N3O5. The van der Waals surface area contributed by atoms with E-state index in [-0.39, 0.29) is 5.69 Å². The molecule has 0 radical (unpaired) electrons. The average molecular weight is 407 g/mol. The molecule has 2 aromatic carbocycles. The van der Waals surface area contributed by atoms with Crippen molar-refractivity contribution >= 4 is 11.6 Å². The Kier molecular flexibility index (Phi) is 6.26. The van der Waals surface area contributed by atoms with Crippen molar-refractivity contribution in [1.29, 1.82) is 0 Å². The van der Waals surface area contributed by atoms with E-state index >= 15 is 0 Å². The highest BCUT2D eigenvalue weighted by atomic mass is 16.6. The molecule has 3 aromatic rings. The normalized spacial score (nSPS) is 11.5. The van der Waals surface area contributed by atoms with Crippen LogP contribution < -0.4 is 15.2 Å². The van der Waals surface area contributed by atoms with E-state index in [1.165, 1.54) is 19.4 Å². The van der Waals surface area contributed by atoms with Crippen LogP contribution in [-0.2, 0) is 11.2 Å². The van der Waals surface area contributed by atoms with Gasteiger partial charge in [-0.1, -0.05) is 12.1 Å². The number of methoxy groups -OCH3 is 2. The Hall–Kier alpha value is -3.94. The minimum atomic E-state index is -0.685. The fourth-order valence-corrected chi connectivity index (χ4v) is 3.19. The lowest BCUT2D eigenvalue weighted by molar-refractivity contribution is -0.384. The van der Waals surface area contributed by atoms with Crippen LogP contribution in [-0.4, -0.2) is 30.0 Å². The number of hydrogen-bond acceptors (Lipinski definition) is 6. The molecule has 0 spiro atoms. The third-order valence-corrected chi connectivity index (χ3v) is 4.79. The van der Waals surface area contributed by atoms with Gasteiger partial charge in [0.15, 0.2) is 0 Å². The minimum absolute atomic E-state index is 0.0997. The van der Waals surface area contributed by atoms with Gasteiger partial charge in [-0.05, 0) is 53.9 Å². The van der Waals surface area contributed by atoms with E-state index in [1.807, 2.05) is 12.1 Å². The number of carbonyl (C=O) groups is 1. The summed E-state index contributed by atoms with van der Waals surface area (Å²) in [5, 5.41) is 11.5. The van der Waals surface area contributed by atoms with E-state index in [1.54, 1.807) is 43.5 Å². The predicted molar refractivity (Wildman–Crippen MR) is 112 cm³/mol. The molecule has 0 saturated carbocycles. The third-order valence-electron chi connectivity index (χ3n) is 4.79. The minimum Gasteiger partial charge on any atom is -0.497 e. The number of amides is 1. The van der Waals surface area contributed by atoms with Crippen molar-refractivity contribution in [3.8, 4) is 22.6 Å². The second-order valence-corrected chi connectivity index (χ2v) is 6.62. The SMILES string of the molecule is COc1ccc(CC(C(N)=O)c2cc(-c3ccc(OC)cc3[N+](=O)[O-])ccn2)cc1. The fraction of sp³-hybridized carbons (Fsp3) is 0.182. The molecule has 1 heterocycles. The van der Waals surface area contributed by atoms with Gasteiger partial charge in [-0.3, -0.25) is 19.9 Å². The lowest BCUT2D eigenvalue weighted by Gasteiger charge is -2.15. The Morgan fingerprint density at radius 2 is 1.73 bits per heavy atom. The average Bonchev–Trinajstić information content (AvgIpc) is 2.77. The first-order valence-electron chi connectivity index (χ1n) is 9.14. The number of primary amides is 1. The molecule has 0 aliphatic heterocycles. The van der Waals surface area contributed by atoms with Gasteiger partial charge in [-0.25, -0.2) is 0 Å². The van der Waals surface area contributed by atoms with E-state index in [2.05, 4.69) is 4.98 Å². The monoisotopic (exact) mass is 407 g/mol. The second-order valence-electron chi connectivity index (χ2n) is 6.62. The number of nitro benzene ring substituents is 1. The molecule has 0 aliphatic rings. The standard InChI is InChI=1S/C22H21N3O5/c1-29-16-5-3-14(4-6-16)11-19(22(23)26)20-12-15(9-10-24-20)18-8-7-17(30-2)13-21(18)25(27)28/h3-10,12-13,19H,11H2,1-2H3,(H2,23,26). The summed E-state index contributed by atoms with van der Waals surface area (Å²) in [6, 6.07) is 15.2. The third kappa shape index (κ3) is 4.54. The van der Waals surface area contributed by atoms with E-state index in [9.17, 15) is 14.9 Å². The summed E-state index contributed by atoms with van der Waals surface area (Å²) in [4.78, 5) is 27.5. The lowest BCUT2D eigenvalue weighted by atomic mass is 9.93. The van der Waals surface area contributed by atoms with Crippen LogP contribution in [0.4, 0.5) is 5.69 Å². The molecule has 8 heteroatoms. The van der Waals surface area contributed by atoms with Crippen molar-refractivity contribution in [2.24, 2.45) is 5.73 Å². The van der Waals surface area contributed by atoms with Gasteiger partial charge in [-0.2, -0.15) is 0 Å². The Balaban J connectivity index is 1.98. The van der Waals surface area contributed by atoms with Crippen molar-refractivity contribution in [1.82, 2.24) is 4.98 Å². The maximum atomic E-state index is 12.2. The summed E-state index contributed by atoms with van der Waals surface area (Å²) < 4.78 is 10.2. The molecule has 1 amide bonds. The number of rotatable bonds is 8. The Labute approximate surface area is 173 Å². The number of hydrogen-bond donors (Lipinski definition) is 1. The predicted octanol–water partition coefficient (Wildman–Crippen LogP) is 3.49. The zero-order chi connectivity index (χ0) is 21.7. The zero-order valence-electron chi connectivity index (χ0n) is 16.6. The van der Waals surface area contributed by atoms with E-state index in [0.29, 0.717) is 34.7 Å². The lowest BCUT2D eigenvalue weighted by Crippen LogP contribution is -2.24. The number of nitrogens with zero attached hydrogens (tertiary/aromatic N) is 2.